The summed E-state index contributed by atoms with van der Waals surface area (Å²) in [4.78, 5) is 7.19. The van der Waals surface area contributed by atoms with Crippen LogP contribution in [-0.2, 0) is 5.41 Å². The molecule has 1 N–H and O–H groups in total. The molecular weight excluding hydrogens is 256 g/mol. The van der Waals surface area contributed by atoms with Crippen LogP contribution in [0, 0.1) is 0 Å². The van der Waals surface area contributed by atoms with Crippen molar-refractivity contribution in [3.8, 4) is 0 Å². The van der Waals surface area contributed by atoms with Crippen LogP contribution in [0.2, 0.25) is 0 Å². The Morgan fingerprint density at radius 2 is 2.21 bits per heavy atom. The molecule has 1 aromatic rings. The van der Waals surface area contributed by atoms with Gasteiger partial charge in [-0.05, 0) is 25.8 Å². The van der Waals surface area contributed by atoms with Crippen LogP contribution in [-0.4, -0.2) is 35.0 Å². The van der Waals surface area contributed by atoms with E-state index in [1.165, 1.54) is 19.3 Å². The second-order valence-electron chi connectivity index (χ2n) is 6.34. The van der Waals surface area contributed by atoms with Crippen molar-refractivity contribution in [1.82, 2.24) is 14.7 Å². The van der Waals surface area contributed by atoms with Crippen LogP contribution >= 0.6 is 11.5 Å². The molecule has 2 heterocycles. The summed E-state index contributed by atoms with van der Waals surface area (Å²) in [5, 5.41) is 4.63. The predicted octanol–water partition coefficient (Wildman–Crippen LogP) is 2.80. The number of anilines is 1. The lowest BCUT2D eigenvalue weighted by Crippen LogP contribution is -2.38. The molecule has 1 aromatic heterocycles. The minimum absolute atomic E-state index is 0.0461. The highest BCUT2D eigenvalue weighted by Crippen LogP contribution is 2.30. The molecule has 4 nitrogen and oxygen atoms in total. The summed E-state index contributed by atoms with van der Waals surface area (Å²) in [5.41, 5.74) is 0.0461. The molecule has 1 atom stereocenters. The summed E-state index contributed by atoms with van der Waals surface area (Å²) in [6, 6.07) is 0.590. The normalized spacial score (nSPS) is 20.2. The van der Waals surface area contributed by atoms with E-state index >= 15 is 0 Å². The third-order valence-electron chi connectivity index (χ3n) is 3.52. The zero-order valence-corrected chi connectivity index (χ0v) is 13.4. The molecule has 1 aliphatic rings. The maximum atomic E-state index is 4.75. The number of nitrogens with zero attached hydrogens (tertiary/aromatic N) is 3. The Balaban J connectivity index is 2.01. The smallest absolute Gasteiger partial charge is 0.205 e. The van der Waals surface area contributed by atoms with Crippen molar-refractivity contribution in [2.75, 3.05) is 24.5 Å². The first kappa shape index (κ1) is 14.7. The van der Waals surface area contributed by atoms with E-state index in [0.29, 0.717) is 6.04 Å². The van der Waals surface area contributed by atoms with Crippen molar-refractivity contribution in [3.05, 3.63) is 5.82 Å². The van der Waals surface area contributed by atoms with E-state index in [1.54, 1.807) is 11.5 Å². The Bertz CT molecular complexity index is 396. The Morgan fingerprint density at radius 1 is 1.42 bits per heavy atom. The summed E-state index contributed by atoms with van der Waals surface area (Å²) in [7, 11) is 0. The summed E-state index contributed by atoms with van der Waals surface area (Å²) in [5.74, 6) is 0.972. The maximum absolute atomic E-state index is 4.75. The first-order valence-corrected chi connectivity index (χ1v) is 8.11. The van der Waals surface area contributed by atoms with Gasteiger partial charge in [-0.3, -0.25) is 0 Å². The first-order chi connectivity index (χ1) is 9.02. The molecule has 0 bridgehead atoms. The quantitative estimate of drug-likeness (QED) is 0.843. The minimum atomic E-state index is 0.0461. The molecule has 19 heavy (non-hydrogen) atoms. The molecule has 0 radical (unpaired) electrons. The zero-order chi connectivity index (χ0) is 13.9. The monoisotopic (exact) mass is 282 g/mol. The van der Waals surface area contributed by atoms with Gasteiger partial charge in [-0.1, -0.05) is 27.7 Å². The van der Waals surface area contributed by atoms with E-state index in [0.717, 1.165) is 30.6 Å². The van der Waals surface area contributed by atoms with E-state index < -0.39 is 0 Å². The van der Waals surface area contributed by atoms with Gasteiger partial charge in [0, 0.05) is 36.1 Å². The standard InChI is InChI=1S/C14H26N4S/c1-5-8-15-10-11-7-6-9-18(11)13-16-12(17-19-13)14(2,3)4/h11,15H,5-10H2,1-4H3. The van der Waals surface area contributed by atoms with Crippen LogP contribution in [0.3, 0.4) is 0 Å². The van der Waals surface area contributed by atoms with Crippen LogP contribution < -0.4 is 10.2 Å². The average molecular weight is 282 g/mol. The van der Waals surface area contributed by atoms with Crippen molar-refractivity contribution in [3.63, 3.8) is 0 Å². The Morgan fingerprint density at radius 3 is 2.84 bits per heavy atom. The molecule has 1 saturated heterocycles. The van der Waals surface area contributed by atoms with Crippen LogP contribution in [0.1, 0.15) is 52.8 Å². The van der Waals surface area contributed by atoms with Gasteiger partial charge in [0.1, 0.15) is 5.82 Å². The largest absolute Gasteiger partial charge is 0.343 e. The van der Waals surface area contributed by atoms with Crippen molar-refractivity contribution < 1.29 is 0 Å². The van der Waals surface area contributed by atoms with Gasteiger partial charge < -0.3 is 10.2 Å². The zero-order valence-electron chi connectivity index (χ0n) is 12.6. The van der Waals surface area contributed by atoms with E-state index in [2.05, 4.69) is 42.3 Å². The second-order valence-corrected chi connectivity index (χ2v) is 7.07. The molecule has 0 amide bonds. The summed E-state index contributed by atoms with van der Waals surface area (Å²) < 4.78 is 4.53. The Labute approximate surface area is 120 Å². The summed E-state index contributed by atoms with van der Waals surface area (Å²) >= 11 is 1.55. The lowest BCUT2D eigenvalue weighted by atomic mass is 9.96. The van der Waals surface area contributed by atoms with Gasteiger partial charge in [0.25, 0.3) is 0 Å². The second kappa shape index (κ2) is 6.18. The van der Waals surface area contributed by atoms with Crippen molar-refractivity contribution in [2.45, 2.75) is 58.4 Å². The third kappa shape index (κ3) is 3.66. The number of aromatic nitrogens is 2. The molecule has 108 valence electrons. The fourth-order valence-corrected chi connectivity index (χ4v) is 3.34. The van der Waals surface area contributed by atoms with Gasteiger partial charge in [-0.15, -0.1) is 0 Å². The SMILES string of the molecule is CCCNCC1CCCN1c1nc(C(C)(C)C)ns1. The number of hydrogen-bond acceptors (Lipinski definition) is 5. The van der Waals surface area contributed by atoms with Gasteiger partial charge >= 0.3 is 0 Å². The molecular formula is C14H26N4S. The number of rotatable bonds is 5. The van der Waals surface area contributed by atoms with Gasteiger partial charge in [-0.2, -0.15) is 4.37 Å². The van der Waals surface area contributed by atoms with Crippen LogP contribution in [0.4, 0.5) is 5.13 Å². The molecule has 0 aliphatic carbocycles. The van der Waals surface area contributed by atoms with Gasteiger partial charge in [-0.25, -0.2) is 4.98 Å². The molecule has 1 unspecified atom stereocenters. The minimum Gasteiger partial charge on any atom is -0.343 e. The highest BCUT2D eigenvalue weighted by molar-refractivity contribution is 7.09. The summed E-state index contributed by atoms with van der Waals surface area (Å²) in [6.45, 7) is 12.0. The lowest BCUT2D eigenvalue weighted by molar-refractivity contribution is 0.549. The first-order valence-electron chi connectivity index (χ1n) is 7.34. The van der Waals surface area contributed by atoms with E-state index in [-0.39, 0.29) is 5.41 Å². The maximum Gasteiger partial charge on any atom is 0.205 e. The van der Waals surface area contributed by atoms with Gasteiger partial charge in [0.15, 0.2) is 0 Å². The molecule has 0 aromatic carbocycles. The lowest BCUT2D eigenvalue weighted by Gasteiger charge is -2.24. The van der Waals surface area contributed by atoms with E-state index in [1.807, 2.05) is 0 Å². The van der Waals surface area contributed by atoms with Crippen LogP contribution in [0.5, 0.6) is 0 Å². The van der Waals surface area contributed by atoms with Gasteiger partial charge in [0.05, 0.1) is 0 Å². The Hall–Kier alpha value is -0.680. The van der Waals surface area contributed by atoms with Crippen LogP contribution in [0.25, 0.3) is 0 Å². The molecule has 1 aliphatic heterocycles. The van der Waals surface area contributed by atoms with E-state index in [4.69, 9.17) is 4.98 Å². The fraction of sp³-hybridized carbons (Fsp3) is 0.857. The molecule has 0 spiro atoms. The molecule has 2 rings (SSSR count). The van der Waals surface area contributed by atoms with Gasteiger partial charge in [0.2, 0.25) is 5.13 Å². The van der Waals surface area contributed by atoms with Crippen molar-refractivity contribution >= 4 is 16.7 Å². The highest BCUT2D eigenvalue weighted by Gasteiger charge is 2.28. The van der Waals surface area contributed by atoms with E-state index in [9.17, 15) is 0 Å². The average Bonchev–Trinajstić information content (AvgIpc) is 2.95. The highest BCUT2D eigenvalue weighted by atomic mass is 32.1. The third-order valence-corrected chi connectivity index (χ3v) is 4.27. The molecule has 1 fully saturated rings. The fourth-order valence-electron chi connectivity index (χ4n) is 2.38. The van der Waals surface area contributed by atoms with Crippen LogP contribution in [0.15, 0.2) is 0 Å². The predicted molar refractivity (Wildman–Crippen MR) is 82.1 cm³/mol. The molecule has 0 saturated carbocycles. The Kier molecular flexibility index (Phi) is 4.79. The number of hydrogen-bond donors (Lipinski definition) is 1. The summed E-state index contributed by atoms with van der Waals surface area (Å²) in [6.07, 6.45) is 3.73. The number of nitrogens with one attached hydrogen (secondary N) is 1. The molecule has 5 heteroatoms. The van der Waals surface area contributed by atoms with Crippen molar-refractivity contribution in [2.24, 2.45) is 0 Å². The topological polar surface area (TPSA) is 41.0 Å². The van der Waals surface area contributed by atoms with Crippen molar-refractivity contribution in [1.29, 1.82) is 0 Å².